The minimum atomic E-state index is -1.57. The van der Waals surface area contributed by atoms with E-state index in [-0.39, 0.29) is 6.42 Å². The molecule has 14 heteroatoms. The molecule has 0 spiro atoms. The standard InChI is InChI=1S/C19H37N7O7/c20-7-3-1-5-11(22)16(29)25-13(9-15(23)28)18(31)24-12(6-2-4-8-21)17(30)26-14(10-27)19(32)33/h11-14,27H,1-10,20-22H2,(H2,23,28)(H,24,31)(H,25,29)(H,26,30)(H,32,33). The summed E-state index contributed by atoms with van der Waals surface area (Å²) in [5.74, 6) is -4.74. The Hall–Kier alpha value is -2.81. The van der Waals surface area contributed by atoms with E-state index < -0.39 is 66.8 Å². The van der Waals surface area contributed by atoms with Crippen molar-refractivity contribution in [3.8, 4) is 0 Å². The lowest BCUT2D eigenvalue weighted by molar-refractivity contribution is -0.143. The van der Waals surface area contributed by atoms with Gasteiger partial charge >= 0.3 is 5.97 Å². The molecule has 4 atom stereocenters. The number of nitrogens with two attached hydrogens (primary N) is 4. The average Bonchev–Trinajstić information content (AvgIpc) is 2.75. The Morgan fingerprint density at radius 2 is 1.21 bits per heavy atom. The molecule has 13 N–H and O–H groups in total. The molecule has 0 bridgehead atoms. The van der Waals surface area contributed by atoms with Crippen LogP contribution in [0, 0.1) is 0 Å². The van der Waals surface area contributed by atoms with Crippen molar-refractivity contribution in [3.63, 3.8) is 0 Å². The van der Waals surface area contributed by atoms with Gasteiger partial charge in [0.25, 0.3) is 0 Å². The van der Waals surface area contributed by atoms with Crippen LogP contribution < -0.4 is 38.9 Å². The minimum absolute atomic E-state index is 0.0996. The Bertz CT molecular complexity index is 662. The van der Waals surface area contributed by atoms with E-state index in [1.165, 1.54) is 0 Å². The summed E-state index contributed by atoms with van der Waals surface area (Å²) in [4.78, 5) is 60.1. The smallest absolute Gasteiger partial charge is 0.328 e. The van der Waals surface area contributed by atoms with E-state index in [0.717, 1.165) is 0 Å². The molecule has 0 saturated carbocycles. The summed E-state index contributed by atoms with van der Waals surface area (Å²) in [6.07, 6.45) is 2.08. The van der Waals surface area contributed by atoms with Gasteiger partial charge in [0.05, 0.1) is 19.1 Å². The number of primary amides is 1. The Morgan fingerprint density at radius 3 is 1.70 bits per heavy atom. The first-order valence-electron chi connectivity index (χ1n) is 10.8. The van der Waals surface area contributed by atoms with Crippen molar-refractivity contribution in [2.24, 2.45) is 22.9 Å². The molecule has 0 aliphatic carbocycles. The van der Waals surface area contributed by atoms with E-state index in [4.69, 9.17) is 33.1 Å². The summed E-state index contributed by atoms with van der Waals surface area (Å²) in [5, 5.41) is 25.0. The number of carbonyl (C=O) groups excluding carboxylic acids is 4. The van der Waals surface area contributed by atoms with E-state index in [1.54, 1.807) is 0 Å². The van der Waals surface area contributed by atoms with Gasteiger partial charge in [0, 0.05) is 0 Å². The second-order valence-corrected chi connectivity index (χ2v) is 7.55. The zero-order chi connectivity index (χ0) is 25.4. The van der Waals surface area contributed by atoms with Crippen LogP contribution in [-0.4, -0.2) is 83.7 Å². The predicted molar refractivity (Wildman–Crippen MR) is 118 cm³/mol. The average molecular weight is 476 g/mol. The van der Waals surface area contributed by atoms with Crippen molar-refractivity contribution in [1.82, 2.24) is 16.0 Å². The number of carboxylic acids is 1. The summed E-state index contributed by atoms with van der Waals surface area (Å²) in [6.45, 7) is -0.0836. The SMILES string of the molecule is NCCCCC(N)C(=O)NC(CC(N)=O)C(=O)NC(CCCCN)C(=O)NC(CO)C(=O)O. The number of aliphatic carboxylic acids is 1. The lowest BCUT2D eigenvalue weighted by Crippen LogP contribution is -2.58. The summed E-state index contributed by atoms with van der Waals surface area (Å²) < 4.78 is 0. The molecule has 0 aliphatic heterocycles. The molecule has 0 heterocycles. The van der Waals surface area contributed by atoms with E-state index >= 15 is 0 Å². The van der Waals surface area contributed by atoms with Crippen molar-refractivity contribution >= 4 is 29.6 Å². The van der Waals surface area contributed by atoms with Crippen LogP contribution in [0.2, 0.25) is 0 Å². The van der Waals surface area contributed by atoms with Crippen molar-refractivity contribution in [3.05, 3.63) is 0 Å². The van der Waals surface area contributed by atoms with Gasteiger partial charge in [0.2, 0.25) is 23.6 Å². The van der Waals surface area contributed by atoms with E-state index in [1.807, 2.05) is 0 Å². The highest BCUT2D eigenvalue weighted by Gasteiger charge is 2.30. The van der Waals surface area contributed by atoms with Crippen molar-refractivity contribution in [2.75, 3.05) is 19.7 Å². The molecular formula is C19H37N7O7. The summed E-state index contributed by atoms with van der Waals surface area (Å²) in [6, 6.07) is -5.11. The molecule has 0 radical (unpaired) electrons. The quantitative estimate of drug-likeness (QED) is 0.0866. The molecule has 0 aromatic rings. The Kier molecular flexibility index (Phi) is 15.3. The maximum absolute atomic E-state index is 12.8. The number of aliphatic hydroxyl groups excluding tert-OH is 1. The van der Waals surface area contributed by atoms with Gasteiger partial charge in [-0.1, -0.05) is 6.42 Å². The Morgan fingerprint density at radius 1 is 0.727 bits per heavy atom. The second-order valence-electron chi connectivity index (χ2n) is 7.55. The van der Waals surface area contributed by atoms with E-state index in [9.17, 15) is 24.0 Å². The van der Waals surface area contributed by atoms with Gasteiger partial charge in [-0.2, -0.15) is 0 Å². The van der Waals surface area contributed by atoms with E-state index in [2.05, 4.69) is 16.0 Å². The zero-order valence-electron chi connectivity index (χ0n) is 18.6. The van der Waals surface area contributed by atoms with Gasteiger partial charge in [-0.05, 0) is 45.2 Å². The summed E-state index contributed by atoms with van der Waals surface area (Å²) in [5.41, 5.74) is 21.8. The highest BCUT2D eigenvalue weighted by Crippen LogP contribution is 2.05. The van der Waals surface area contributed by atoms with Crippen LogP contribution in [0.15, 0.2) is 0 Å². The molecule has 0 rings (SSSR count). The summed E-state index contributed by atoms with van der Waals surface area (Å²) in [7, 11) is 0. The van der Waals surface area contributed by atoms with Crippen LogP contribution in [-0.2, 0) is 24.0 Å². The molecule has 0 aliphatic rings. The Balaban J connectivity index is 5.35. The normalized spacial score (nSPS) is 14.4. The number of aliphatic hydroxyl groups is 1. The second kappa shape index (κ2) is 16.8. The topological polar surface area (TPSA) is 266 Å². The largest absolute Gasteiger partial charge is 0.480 e. The molecule has 0 aromatic heterocycles. The monoisotopic (exact) mass is 475 g/mol. The highest BCUT2D eigenvalue weighted by atomic mass is 16.4. The molecule has 14 nitrogen and oxygen atoms in total. The number of hydrogen-bond acceptors (Lipinski definition) is 9. The van der Waals surface area contributed by atoms with Crippen LogP contribution >= 0.6 is 0 Å². The number of nitrogens with one attached hydrogen (secondary N) is 3. The maximum Gasteiger partial charge on any atom is 0.328 e. The third-order valence-electron chi connectivity index (χ3n) is 4.72. The molecular weight excluding hydrogens is 438 g/mol. The van der Waals surface area contributed by atoms with Crippen molar-refractivity contribution in [2.45, 2.75) is 69.1 Å². The molecule has 33 heavy (non-hydrogen) atoms. The molecule has 4 amide bonds. The third-order valence-corrected chi connectivity index (χ3v) is 4.72. The van der Waals surface area contributed by atoms with Gasteiger partial charge in [0.15, 0.2) is 0 Å². The lowest BCUT2D eigenvalue weighted by atomic mass is 10.1. The first-order chi connectivity index (χ1) is 15.6. The first-order valence-corrected chi connectivity index (χ1v) is 10.8. The zero-order valence-corrected chi connectivity index (χ0v) is 18.6. The van der Waals surface area contributed by atoms with Gasteiger partial charge in [-0.25, -0.2) is 4.79 Å². The van der Waals surface area contributed by atoms with Crippen LogP contribution in [0.25, 0.3) is 0 Å². The maximum atomic E-state index is 12.8. The molecule has 4 unspecified atom stereocenters. The first kappa shape index (κ1) is 30.2. The van der Waals surface area contributed by atoms with Crippen LogP contribution in [0.4, 0.5) is 0 Å². The fourth-order valence-corrected chi connectivity index (χ4v) is 2.82. The molecule has 0 fully saturated rings. The van der Waals surface area contributed by atoms with Crippen LogP contribution in [0.1, 0.15) is 44.9 Å². The number of hydrogen-bond donors (Lipinski definition) is 9. The van der Waals surface area contributed by atoms with Crippen LogP contribution in [0.3, 0.4) is 0 Å². The van der Waals surface area contributed by atoms with Crippen LogP contribution in [0.5, 0.6) is 0 Å². The molecule has 0 aromatic carbocycles. The molecule has 0 saturated heterocycles. The molecule has 190 valence electrons. The number of carboxylic acid groups (broad SMARTS) is 1. The fraction of sp³-hybridized carbons (Fsp3) is 0.737. The predicted octanol–water partition coefficient (Wildman–Crippen LogP) is -4.02. The lowest BCUT2D eigenvalue weighted by Gasteiger charge is -2.24. The van der Waals surface area contributed by atoms with Gasteiger partial charge in [0.1, 0.15) is 18.1 Å². The van der Waals surface area contributed by atoms with Crippen molar-refractivity contribution < 1.29 is 34.2 Å². The number of unbranched alkanes of at least 4 members (excludes halogenated alkanes) is 2. The highest BCUT2D eigenvalue weighted by molar-refractivity contribution is 5.96. The van der Waals surface area contributed by atoms with E-state index in [0.29, 0.717) is 45.2 Å². The fourth-order valence-electron chi connectivity index (χ4n) is 2.82. The minimum Gasteiger partial charge on any atom is -0.480 e. The van der Waals surface area contributed by atoms with Gasteiger partial charge in [-0.15, -0.1) is 0 Å². The number of rotatable bonds is 18. The van der Waals surface area contributed by atoms with Gasteiger partial charge < -0.3 is 49.1 Å². The van der Waals surface area contributed by atoms with Gasteiger partial charge in [-0.3, -0.25) is 19.2 Å². The Labute approximate surface area is 192 Å². The number of amides is 4. The number of carbonyl (C=O) groups is 5. The summed E-state index contributed by atoms with van der Waals surface area (Å²) >= 11 is 0. The van der Waals surface area contributed by atoms with Crippen molar-refractivity contribution in [1.29, 1.82) is 0 Å². The third kappa shape index (κ3) is 12.7.